The zero-order chi connectivity index (χ0) is 71.5. The molecule has 0 aromatic rings. The minimum atomic E-state index is -1.61. The van der Waals surface area contributed by atoms with E-state index in [0.717, 1.165) is 4.90 Å². The van der Waals surface area contributed by atoms with E-state index in [0.29, 0.717) is 39.1 Å². The van der Waals surface area contributed by atoms with Crippen LogP contribution in [0.15, 0.2) is 12.2 Å². The number of ether oxygens (including phenoxy) is 1. The molecule has 0 radical (unpaired) electrons. The number of likely N-dealkylation sites (N-methyl/N-ethyl adjacent to an activating group) is 7. The van der Waals surface area contributed by atoms with Crippen LogP contribution >= 0.6 is 0 Å². The van der Waals surface area contributed by atoms with Gasteiger partial charge in [0.15, 0.2) is 11.6 Å². The summed E-state index contributed by atoms with van der Waals surface area (Å²) in [5.41, 5.74) is 0. The number of aliphatic hydroxyl groups excluding tert-OH is 1. The molecule has 0 aromatic heterocycles. The van der Waals surface area contributed by atoms with Gasteiger partial charge in [0, 0.05) is 98.9 Å². The Morgan fingerprint density at radius 2 is 1.01 bits per heavy atom. The average Bonchev–Trinajstić information content (AvgIpc) is 0.823. The summed E-state index contributed by atoms with van der Waals surface area (Å²) in [6.45, 7) is 34.8. The van der Waals surface area contributed by atoms with Gasteiger partial charge in [0.25, 0.3) is 0 Å². The molecule has 8 amide bonds. The van der Waals surface area contributed by atoms with Crippen molar-refractivity contribution >= 4 is 64.6 Å². The maximum Gasteiger partial charge on any atom is 0.246 e. The molecule has 0 spiro atoms. The molecular weight excluding hydrogens is 1190 g/mol. The second kappa shape index (κ2) is 38.2. The van der Waals surface area contributed by atoms with Gasteiger partial charge >= 0.3 is 0 Å². The minimum absolute atomic E-state index is 0.0224. The number of ketones is 3. The first kappa shape index (κ1) is 83.5. The lowest BCUT2D eigenvalue weighted by atomic mass is 9.82. The van der Waals surface area contributed by atoms with E-state index in [1.807, 2.05) is 75.3 Å². The molecule has 0 bridgehead atoms. The standard InChI is InChI=1S/C71H125N9O13/c1-26-28-29-47(14)63(84)62-64(85)72-53(27-2)68(89)73(19)51(18)66(87)78(24)61(46(13)30-31-80-32-33-93-40-50(80)17)59(83)39-52(44(9)10)67(88)74(20)54(34-41(3)4)58(82)37-48(15)57(81)38-49(16)65(86)75(21)55(35-42(5)6)69(90)76(22)56(36-43(7)8)70(91)77(23)60(45(11)12)71(92)79(62)25/h26,28,41-56,60-63,84H,27,29-40H2,1-25H3,(H,72,85)/b28-26+/t46-,47-,48-,49+,50+,51-,52+,53+,54+,55+,56+,60+,61?,62+,63-/m1/s1. The topological polar surface area (TPSA) is 255 Å². The molecule has 15 atom stereocenters. The molecule has 2 saturated heterocycles. The van der Waals surface area contributed by atoms with E-state index in [9.17, 15) is 24.3 Å². The molecule has 93 heavy (non-hydrogen) atoms. The Balaban J connectivity index is 3.05. The lowest BCUT2D eigenvalue weighted by Gasteiger charge is -2.41. The Morgan fingerprint density at radius 1 is 0.527 bits per heavy atom. The first-order chi connectivity index (χ1) is 43.1. The van der Waals surface area contributed by atoms with Gasteiger partial charge in [0.2, 0.25) is 47.3 Å². The fraction of sp³-hybridized carbons (Fsp3) is 0.817. The van der Waals surface area contributed by atoms with Crippen molar-refractivity contribution in [3.63, 3.8) is 0 Å². The zero-order valence-electron chi connectivity index (χ0n) is 61.8. The highest BCUT2D eigenvalue weighted by molar-refractivity contribution is 6.00. The number of allylic oxidation sites excluding steroid dienone is 2. The molecule has 22 heteroatoms. The van der Waals surface area contributed by atoms with Gasteiger partial charge in [0.05, 0.1) is 31.4 Å². The summed E-state index contributed by atoms with van der Waals surface area (Å²) in [5, 5.41) is 15.1. The normalized spacial score (nSPS) is 29.0. The van der Waals surface area contributed by atoms with Gasteiger partial charge < -0.3 is 49.5 Å². The third-order valence-electron chi connectivity index (χ3n) is 19.7. The fourth-order valence-electron chi connectivity index (χ4n) is 13.2. The lowest BCUT2D eigenvalue weighted by molar-refractivity contribution is -0.157. The summed E-state index contributed by atoms with van der Waals surface area (Å²) >= 11 is 0. The molecule has 2 aliphatic rings. The Labute approximate surface area is 559 Å². The molecule has 2 aliphatic heterocycles. The third kappa shape index (κ3) is 22.8. The molecule has 0 aromatic carbocycles. The number of amides is 8. The first-order valence-corrected chi connectivity index (χ1v) is 34.5. The van der Waals surface area contributed by atoms with Gasteiger partial charge in [0.1, 0.15) is 42.0 Å². The quantitative estimate of drug-likeness (QED) is 0.145. The van der Waals surface area contributed by atoms with Crippen LogP contribution in [0.3, 0.4) is 0 Å². The Bertz CT molecular complexity index is 2560. The van der Waals surface area contributed by atoms with Gasteiger partial charge in [-0.1, -0.05) is 116 Å². The summed E-state index contributed by atoms with van der Waals surface area (Å²) in [4.78, 5) is 176. The van der Waals surface area contributed by atoms with Crippen molar-refractivity contribution in [2.75, 3.05) is 75.6 Å². The molecule has 2 rings (SSSR count). The van der Waals surface area contributed by atoms with Crippen LogP contribution < -0.4 is 5.32 Å². The monoisotopic (exact) mass is 1310 g/mol. The lowest BCUT2D eigenvalue weighted by Crippen LogP contribution is -2.63. The van der Waals surface area contributed by atoms with Gasteiger partial charge in [-0.2, -0.15) is 0 Å². The number of aliphatic hydroxyl groups is 1. The fourth-order valence-corrected chi connectivity index (χ4v) is 13.2. The van der Waals surface area contributed by atoms with E-state index >= 15 is 33.6 Å². The Kier molecular flexibility index (Phi) is 34.3. The molecule has 0 aliphatic carbocycles. The van der Waals surface area contributed by atoms with Crippen LogP contribution in [0, 0.1) is 59.2 Å². The Hall–Kier alpha value is -5.61. The van der Waals surface area contributed by atoms with E-state index < -0.39 is 143 Å². The zero-order valence-corrected chi connectivity index (χ0v) is 61.8. The SMILES string of the molecule is C/C=C/C[C@@H](C)[C@@H](O)[C@H]1C(=O)N[C@@H](CC)C(=O)N(C)[C@H](C)C(=O)N(C)C([C@H](C)CCN2CCOC[C@@H]2C)C(=O)C[C@@H](C(C)C)C(=O)N(C)[C@@H](CC(C)C)C(=O)C[C@@H](C)C(=O)C[C@H](C)C(=O)N(C)[C@@H](CC(C)C)C(=O)N(C)[C@@H](CC(C)C)C(=O)N(C)[C@@H](C(C)C)C(=O)N1C. The number of morpholine rings is 1. The van der Waals surface area contributed by atoms with Crippen molar-refractivity contribution in [1.82, 2.24) is 44.5 Å². The summed E-state index contributed by atoms with van der Waals surface area (Å²) in [6.07, 6.45) is 2.77. The van der Waals surface area contributed by atoms with E-state index in [2.05, 4.69) is 17.1 Å². The highest BCUT2D eigenvalue weighted by Crippen LogP contribution is 2.30. The third-order valence-corrected chi connectivity index (χ3v) is 19.7. The van der Waals surface area contributed by atoms with E-state index in [1.165, 1.54) is 78.6 Å². The van der Waals surface area contributed by atoms with Crippen LogP contribution in [-0.2, 0) is 57.5 Å². The second-order valence-corrected chi connectivity index (χ2v) is 29.5. The van der Waals surface area contributed by atoms with Crippen molar-refractivity contribution in [3.05, 3.63) is 12.2 Å². The number of hydrogen-bond acceptors (Lipinski definition) is 14. The summed E-state index contributed by atoms with van der Waals surface area (Å²) in [7, 11) is 10.3. The maximum absolute atomic E-state index is 15.3. The molecular formula is C71H125N9O13. The number of nitrogens with one attached hydrogen (secondary N) is 1. The molecule has 2 fully saturated rings. The predicted octanol–water partition coefficient (Wildman–Crippen LogP) is 6.63. The van der Waals surface area contributed by atoms with E-state index in [-0.39, 0.29) is 86.1 Å². The number of nitrogens with zero attached hydrogens (tertiary/aromatic N) is 8. The summed E-state index contributed by atoms with van der Waals surface area (Å²) in [6, 6.07) is -9.53. The van der Waals surface area contributed by atoms with Crippen LogP contribution in [0.25, 0.3) is 0 Å². The van der Waals surface area contributed by atoms with Crippen LogP contribution in [-0.4, -0.2) is 245 Å². The highest BCUT2D eigenvalue weighted by Gasteiger charge is 2.46. The number of hydrogen-bond donors (Lipinski definition) is 2. The molecule has 1 unspecified atom stereocenters. The summed E-state index contributed by atoms with van der Waals surface area (Å²) in [5.74, 6) is -11.1. The molecule has 22 nitrogen and oxygen atoms in total. The van der Waals surface area contributed by atoms with Crippen LogP contribution in [0.5, 0.6) is 0 Å². The predicted molar refractivity (Wildman–Crippen MR) is 363 cm³/mol. The van der Waals surface area contributed by atoms with E-state index in [4.69, 9.17) is 4.74 Å². The average molecular weight is 1310 g/mol. The van der Waals surface area contributed by atoms with Gasteiger partial charge in [-0.25, -0.2) is 0 Å². The number of carbonyl (C=O) groups is 11. The number of carbonyl (C=O) groups excluding carboxylic acids is 11. The minimum Gasteiger partial charge on any atom is -0.390 e. The molecule has 532 valence electrons. The smallest absolute Gasteiger partial charge is 0.246 e. The first-order valence-electron chi connectivity index (χ1n) is 34.5. The molecule has 0 saturated carbocycles. The van der Waals surface area contributed by atoms with Crippen molar-refractivity contribution in [1.29, 1.82) is 0 Å². The van der Waals surface area contributed by atoms with Crippen LogP contribution in [0.1, 0.15) is 182 Å². The largest absolute Gasteiger partial charge is 0.390 e. The molecule has 2 N–H and O–H groups in total. The number of Topliss-reactive ketones (excluding diaryl/α,β-unsaturated/α-hetero) is 3. The van der Waals surface area contributed by atoms with Crippen molar-refractivity contribution < 1.29 is 62.6 Å². The van der Waals surface area contributed by atoms with Crippen LogP contribution in [0.2, 0.25) is 0 Å². The highest BCUT2D eigenvalue weighted by atomic mass is 16.5. The van der Waals surface area contributed by atoms with Crippen molar-refractivity contribution in [2.24, 2.45) is 59.2 Å². The van der Waals surface area contributed by atoms with Crippen molar-refractivity contribution in [2.45, 2.75) is 243 Å². The van der Waals surface area contributed by atoms with Gasteiger partial charge in [-0.05, 0) is 107 Å². The van der Waals surface area contributed by atoms with E-state index in [1.54, 1.807) is 54.7 Å². The molecule has 2 heterocycles. The van der Waals surface area contributed by atoms with Crippen molar-refractivity contribution in [3.8, 4) is 0 Å². The number of rotatable bonds is 17. The second-order valence-electron chi connectivity index (χ2n) is 29.5. The Morgan fingerprint density at radius 3 is 1.51 bits per heavy atom. The van der Waals surface area contributed by atoms with Crippen LogP contribution in [0.4, 0.5) is 0 Å². The van der Waals surface area contributed by atoms with Gasteiger partial charge in [-0.15, -0.1) is 0 Å². The maximum atomic E-state index is 15.3. The summed E-state index contributed by atoms with van der Waals surface area (Å²) < 4.78 is 5.70. The van der Waals surface area contributed by atoms with Gasteiger partial charge in [-0.3, -0.25) is 57.6 Å².